The molecule has 3 heterocycles. The molecule has 2 aromatic heterocycles. The van der Waals surface area contributed by atoms with E-state index in [1.54, 1.807) is 0 Å². The van der Waals surface area contributed by atoms with E-state index < -0.39 is 0 Å². The van der Waals surface area contributed by atoms with Crippen LogP contribution in [0.15, 0.2) is 60.8 Å². The quantitative estimate of drug-likeness (QED) is 0.722. The molecule has 0 bridgehead atoms. The summed E-state index contributed by atoms with van der Waals surface area (Å²) in [5.74, 6) is 0.655. The van der Waals surface area contributed by atoms with E-state index in [0.29, 0.717) is 12.5 Å². The number of nitrogens with zero attached hydrogens (tertiary/aromatic N) is 1. The highest BCUT2D eigenvalue weighted by atomic mass is 16.5. The van der Waals surface area contributed by atoms with Crippen LogP contribution in [0.2, 0.25) is 0 Å². The van der Waals surface area contributed by atoms with Crippen molar-refractivity contribution in [3.05, 3.63) is 71.9 Å². The summed E-state index contributed by atoms with van der Waals surface area (Å²) in [6.45, 7) is 1.53. The SMILES string of the molecule is C1=CC(c2c[nH]c3ccc(OCc4ccccc4)nc23)NCC1. The van der Waals surface area contributed by atoms with Gasteiger partial charge >= 0.3 is 0 Å². The number of H-pyrrole nitrogens is 1. The van der Waals surface area contributed by atoms with E-state index in [4.69, 9.17) is 9.72 Å². The molecule has 4 heteroatoms. The fourth-order valence-electron chi connectivity index (χ4n) is 2.89. The zero-order chi connectivity index (χ0) is 15.5. The molecule has 116 valence electrons. The lowest BCUT2D eigenvalue weighted by Gasteiger charge is -2.17. The van der Waals surface area contributed by atoms with Crippen molar-refractivity contribution in [2.75, 3.05) is 6.54 Å². The molecule has 0 aliphatic carbocycles. The van der Waals surface area contributed by atoms with E-state index in [-0.39, 0.29) is 6.04 Å². The number of nitrogens with one attached hydrogen (secondary N) is 2. The molecule has 4 nitrogen and oxygen atoms in total. The minimum Gasteiger partial charge on any atom is -0.473 e. The van der Waals surface area contributed by atoms with Crippen molar-refractivity contribution < 1.29 is 4.74 Å². The Balaban J connectivity index is 1.59. The van der Waals surface area contributed by atoms with Crippen LogP contribution in [0.3, 0.4) is 0 Å². The second-order valence-electron chi connectivity index (χ2n) is 5.71. The van der Waals surface area contributed by atoms with Gasteiger partial charge in [0.2, 0.25) is 5.88 Å². The predicted octanol–water partition coefficient (Wildman–Crippen LogP) is 3.73. The van der Waals surface area contributed by atoms with Gasteiger partial charge in [-0.05, 0) is 24.6 Å². The summed E-state index contributed by atoms with van der Waals surface area (Å²) in [6, 6.07) is 14.3. The van der Waals surface area contributed by atoms with Crippen molar-refractivity contribution in [1.29, 1.82) is 0 Å². The van der Waals surface area contributed by atoms with Crippen LogP contribution in [0.5, 0.6) is 5.88 Å². The summed E-state index contributed by atoms with van der Waals surface area (Å²) in [5, 5.41) is 3.50. The van der Waals surface area contributed by atoms with Crippen LogP contribution in [-0.4, -0.2) is 16.5 Å². The van der Waals surface area contributed by atoms with Gasteiger partial charge in [0.1, 0.15) is 6.61 Å². The van der Waals surface area contributed by atoms with Gasteiger partial charge in [0, 0.05) is 17.8 Å². The molecule has 0 amide bonds. The minimum absolute atomic E-state index is 0.217. The zero-order valence-electron chi connectivity index (χ0n) is 12.8. The number of hydrogen-bond acceptors (Lipinski definition) is 3. The molecule has 4 rings (SSSR count). The fraction of sp³-hybridized carbons (Fsp3) is 0.211. The van der Waals surface area contributed by atoms with Crippen LogP contribution in [0.25, 0.3) is 11.0 Å². The predicted molar refractivity (Wildman–Crippen MR) is 91.4 cm³/mol. The first-order valence-electron chi connectivity index (χ1n) is 7.95. The molecular weight excluding hydrogens is 286 g/mol. The molecule has 1 unspecified atom stereocenters. The number of rotatable bonds is 4. The molecule has 1 aliphatic heterocycles. The largest absolute Gasteiger partial charge is 0.473 e. The molecule has 0 saturated heterocycles. The molecule has 1 aromatic carbocycles. The summed E-state index contributed by atoms with van der Waals surface area (Å²) in [5.41, 5.74) is 4.31. The van der Waals surface area contributed by atoms with E-state index >= 15 is 0 Å². The lowest BCUT2D eigenvalue weighted by Crippen LogP contribution is -2.23. The summed E-state index contributed by atoms with van der Waals surface area (Å²) in [4.78, 5) is 7.99. The average molecular weight is 305 g/mol. The maximum Gasteiger partial charge on any atom is 0.214 e. The lowest BCUT2D eigenvalue weighted by molar-refractivity contribution is 0.295. The number of hydrogen-bond donors (Lipinski definition) is 2. The topological polar surface area (TPSA) is 49.9 Å². The third-order valence-electron chi connectivity index (χ3n) is 4.09. The highest BCUT2D eigenvalue weighted by molar-refractivity contribution is 5.80. The second-order valence-corrected chi connectivity index (χ2v) is 5.71. The Labute approximate surface area is 135 Å². The molecule has 2 N–H and O–H groups in total. The first-order chi connectivity index (χ1) is 11.4. The van der Waals surface area contributed by atoms with Gasteiger partial charge in [-0.3, -0.25) is 0 Å². The van der Waals surface area contributed by atoms with Gasteiger partial charge in [0.25, 0.3) is 0 Å². The normalized spacial score (nSPS) is 17.5. The molecular formula is C19H19N3O. The first kappa shape index (κ1) is 14.0. The highest BCUT2D eigenvalue weighted by Gasteiger charge is 2.16. The molecule has 3 aromatic rings. The van der Waals surface area contributed by atoms with Crippen molar-refractivity contribution in [2.24, 2.45) is 0 Å². The smallest absolute Gasteiger partial charge is 0.214 e. The highest BCUT2D eigenvalue weighted by Crippen LogP contribution is 2.27. The second kappa shape index (κ2) is 6.26. The summed E-state index contributed by atoms with van der Waals surface area (Å²) in [6.07, 6.45) is 7.53. The number of aromatic nitrogens is 2. The monoisotopic (exact) mass is 305 g/mol. The Morgan fingerprint density at radius 1 is 1.13 bits per heavy atom. The Kier molecular flexibility index (Phi) is 3.82. The molecule has 0 fully saturated rings. The minimum atomic E-state index is 0.217. The standard InChI is InChI=1S/C19H19N3O/c1-2-6-14(7-3-1)13-23-18-10-9-17-19(22-18)15(12-21-17)16-8-4-5-11-20-16/h1-4,6-10,12,16,20-21H,5,11,13H2. The third-order valence-corrected chi connectivity index (χ3v) is 4.09. The van der Waals surface area contributed by atoms with Crippen molar-refractivity contribution >= 4 is 11.0 Å². The van der Waals surface area contributed by atoms with Gasteiger partial charge in [-0.15, -0.1) is 0 Å². The Morgan fingerprint density at radius 3 is 2.87 bits per heavy atom. The van der Waals surface area contributed by atoms with E-state index in [1.165, 1.54) is 5.56 Å². The zero-order valence-corrected chi connectivity index (χ0v) is 12.8. The molecule has 0 saturated carbocycles. The van der Waals surface area contributed by atoms with Gasteiger partial charge in [-0.25, -0.2) is 4.98 Å². The average Bonchev–Trinajstić information content (AvgIpc) is 3.05. The van der Waals surface area contributed by atoms with E-state index in [9.17, 15) is 0 Å². The van der Waals surface area contributed by atoms with E-state index in [2.05, 4.69) is 34.6 Å². The number of benzene rings is 1. The molecule has 23 heavy (non-hydrogen) atoms. The molecule has 0 spiro atoms. The van der Waals surface area contributed by atoms with Crippen molar-refractivity contribution in [3.8, 4) is 5.88 Å². The third kappa shape index (κ3) is 2.98. The van der Waals surface area contributed by atoms with Gasteiger partial charge in [-0.2, -0.15) is 0 Å². The van der Waals surface area contributed by atoms with Gasteiger partial charge in [0.05, 0.1) is 17.1 Å². The van der Waals surface area contributed by atoms with E-state index in [1.807, 2.05) is 36.5 Å². The van der Waals surface area contributed by atoms with Crippen LogP contribution in [0, 0.1) is 0 Å². The van der Waals surface area contributed by atoms with Gasteiger partial charge in [0.15, 0.2) is 0 Å². The number of pyridine rings is 1. The van der Waals surface area contributed by atoms with Crippen molar-refractivity contribution in [2.45, 2.75) is 19.1 Å². The molecule has 1 atom stereocenters. The summed E-state index contributed by atoms with van der Waals surface area (Å²) in [7, 11) is 0. The van der Waals surface area contributed by atoms with Gasteiger partial charge in [-0.1, -0.05) is 42.5 Å². The van der Waals surface area contributed by atoms with Crippen LogP contribution in [0.1, 0.15) is 23.6 Å². The summed E-state index contributed by atoms with van der Waals surface area (Å²) >= 11 is 0. The Morgan fingerprint density at radius 2 is 2.04 bits per heavy atom. The van der Waals surface area contributed by atoms with Crippen molar-refractivity contribution in [3.63, 3.8) is 0 Å². The van der Waals surface area contributed by atoms with E-state index in [0.717, 1.165) is 29.6 Å². The van der Waals surface area contributed by atoms with Crippen LogP contribution in [0.4, 0.5) is 0 Å². The first-order valence-corrected chi connectivity index (χ1v) is 7.95. The summed E-state index contributed by atoms with van der Waals surface area (Å²) < 4.78 is 5.85. The maximum absolute atomic E-state index is 5.85. The maximum atomic E-state index is 5.85. The van der Waals surface area contributed by atoms with Gasteiger partial charge < -0.3 is 15.0 Å². The Bertz CT molecular complexity index is 823. The number of fused-ring (bicyclic) bond motifs is 1. The van der Waals surface area contributed by atoms with Crippen LogP contribution >= 0.6 is 0 Å². The number of aromatic amines is 1. The molecule has 1 aliphatic rings. The number of ether oxygens (including phenoxy) is 1. The van der Waals surface area contributed by atoms with Crippen molar-refractivity contribution in [1.82, 2.24) is 15.3 Å². The Hall–Kier alpha value is -2.59. The lowest BCUT2D eigenvalue weighted by atomic mass is 10.1. The van der Waals surface area contributed by atoms with Crippen LogP contribution in [-0.2, 0) is 6.61 Å². The molecule has 0 radical (unpaired) electrons. The fourth-order valence-corrected chi connectivity index (χ4v) is 2.89. The van der Waals surface area contributed by atoms with Crippen LogP contribution < -0.4 is 10.1 Å².